The molecular weight excluding hydrogens is 263 g/mol. The molecule has 0 saturated heterocycles. The molecule has 0 aliphatic carbocycles. The fraction of sp³-hybridized carbons (Fsp3) is 0.267. The summed E-state index contributed by atoms with van der Waals surface area (Å²) in [5.74, 6) is -0.311. The molecule has 2 rings (SSSR count). The van der Waals surface area contributed by atoms with E-state index in [1.807, 2.05) is 25.1 Å². The van der Waals surface area contributed by atoms with Crippen LogP contribution in [0.15, 0.2) is 42.6 Å². The molecule has 100 valence electrons. The monoisotopic (exact) mass is 278 g/mol. The van der Waals surface area contributed by atoms with E-state index in [0.29, 0.717) is 5.02 Å². The van der Waals surface area contributed by atoms with Crippen LogP contribution in [0, 0.1) is 5.82 Å². The summed E-state index contributed by atoms with van der Waals surface area (Å²) >= 11 is 6.03. The third-order valence-corrected chi connectivity index (χ3v) is 3.31. The molecule has 0 fully saturated rings. The van der Waals surface area contributed by atoms with E-state index in [4.69, 9.17) is 11.6 Å². The fourth-order valence-electron chi connectivity index (χ4n) is 1.93. The van der Waals surface area contributed by atoms with Gasteiger partial charge in [-0.3, -0.25) is 4.98 Å². The quantitative estimate of drug-likeness (QED) is 0.901. The molecule has 0 amide bonds. The van der Waals surface area contributed by atoms with E-state index in [-0.39, 0.29) is 11.9 Å². The third kappa shape index (κ3) is 4.01. The molecule has 4 heteroatoms. The maximum atomic E-state index is 13.0. The van der Waals surface area contributed by atoms with Crippen molar-refractivity contribution in [1.82, 2.24) is 10.3 Å². The molecular formula is C15H16ClFN2. The Morgan fingerprint density at radius 2 is 2.16 bits per heavy atom. The van der Waals surface area contributed by atoms with E-state index < -0.39 is 0 Å². The number of nitrogens with zero attached hydrogens (tertiary/aromatic N) is 1. The first-order chi connectivity index (χ1) is 9.16. The summed E-state index contributed by atoms with van der Waals surface area (Å²) in [6.07, 6.45) is 2.64. The van der Waals surface area contributed by atoms with Gasteiger partial charge in [-0.25, -0.2) is 4.39 Å². The van der Waals surface area contributed by atoms with Crippen molar-refractivity contribution >= 4 is 11.6 Å². The average Bonchev–Trinajstić information content (AvgIpc) is 2.39. The van der Waals surface area contributed by atoms with Gasteiger partial charge in [-0.05, 0) is 36.8 Å². The highest BCUT2D eigenvalue weighted by Gasteiger charge is 2.09. The van der Waals surface area contributed by atoms with Crippen LogP contribution in [0.5, 0.6) is 0 Å². The molecule has 0 bridgehead atoms. The highest BCUT2D eigenvalue weighted by Crippen LogP contribution is 2.23. The van der Waals surface area contributed by atoms with Crippen LogP contribution < -0.4 is 5.32 Å². The molecule has 1 aromatic carbocycles. The van der Waals surface area contributed by atoms with Crippen molar-refractivity contribution in [3.05, 3.63) is 64.7 Å². The van der Waals surface area contributed by atoms with Crippen LogP contribution in [0.3, 0.4) is 0 Å². The molecule has 19 heavy (non-hydrogen) atoms. The first-order valence-electron chi connectivity index (χ1n) is 6.25. The Labute approximate surface area is 117 Å². The molecule has 2 aromatic rings. The molecule has 0 spiro atoms. The zero-order chi connectivity index (χ0) is 13.7. The number of nitrogens with one attached hydrogen (secondary N) is 1. The van der Waals surface area contributed by atoms with E-state index >= 15 is 0 Å². The van der Waals surface area contributed by atoms with Crippen molar-refractivity contribution < 1.29 is 4.39 Å². The minimum absolute atomic E-state index is 0.0804. The summed E-state index contributed by atoms with van der Waals surface area (Å²) in [7, 11) is 0. The zero-order valence-electron chi connectivity index (χ0n) is 10.7. The van der Waals surface area contributed by atoms with Crippen molar-refractivity contribution in [3.63, 3.8) is 0 Å². The standard InChI is InChI=1S/C15H16ClFN2/c1-11(14-6-5-12(17)10-15(14)16)18-9-7-13-4-2-3-8-19-13/h2-6,8,10-11,18H,7,9H2,1H3. The van der Waals surface area contributed by atoms with Crippen molar-refractivity contribution in [2.45, 2.75) is 19.4 Å². The first-order valence-corrected chi connectivity index (χ1v) is 6.63. The molecule has 0 radical (unpaired) electrons. The molecule has 1 atom stereocenters. The van der Waals surface area contributed by atoms with E-state index in [1.54, 1.807) is 12.3 Å². The Bertz CT molecular complexity index is 531. The van der Waals surface area contributed by atoms with Crippen LogP contribution in [-0.4, -0.2) is 11.5 Å². The molecule has 1 heterocycles. The summed E-state index contributed by atoms with van der Waals surface area (Å²) in [6.45, 7) is 2.81. The van der Waals surface area contributed by atoms with Crippen LogP contribution in [0.1, 0.15) is 24.2 Å². The Balaban J connectivity index is 1.89. The van der Waals surface area contributed by atoms with Gasteiger partial charge in [0.25, 0.3) is 0 Å². The molecule has 2 nitrogen and oxygen atoms in total. The van der Waals surface area contributed by atoms with Gasteiger partial charge in [-0.1, -0.05) is 23.7 Å². The Morgan fingerprint density at radius 3 is 2.84 bits per heavy atom. The number of pyridine rings is 1. The number of benzene rings is 1. The second-order valence-electron chi connectivity index (χ2n) is 4.41. The predicted octanol–water partition coefficient (Wildman–Crippen LogP) is 3.77. The average molecular weight is 279 g/mol. The number of hydrogen-bond donors (Lipinski definition) is 1. The van der Waals surface area contributed by atoms with E-state index in [2.05, 4.69) is 10.3 Å². The lowest BCUT2D eigenvalue weighted by atomic mass is 10.1. The second kappa shape index (κ2) is 6.64. The summed E-state index contributed by atoms with van der Waals surface area (Å²) in [5.41, 5.74) is 1.96. The number of halogens is 2. The number of aromatic nitrogens is 1. The third-order valence-electron chi connectivity index (χ3n) is 2.99. The maximum absolute atomic E-state index is 13.0. The molecule has 0 aliphatic heterocycles. The second-order valence-corrected chi connectivity index (χ2v) is 4.82. The van der Waals surface area contributed by atoms with Crippen molar-refractivity contribution in [3.8, 4) is 0 Å². The summed E-state index contributed by atoms with van der Waals surface area (Å²) in [6, 6.07) is 10.4. The van der Waals surface area contributed by atoms with Crippen LogP contribution >= 0.6 is 11.6 Å². The Hall–Kier alpha value is -1.45. The van der Waals surface area contributed by atoms with E-state index in [0.717, 1.165) is 24.2 Å². The van der Waals surface area contributed by atoms with Gasteiger partial charge in [0.1, 0.15) is 5.82 Å². The topological polar surface area (TPSA) is 24.9 Å². The van der Waals surface area contributed by atoms with Gasteiger partial charge in [-0.2, -0.15) is 0 Å². The molecule has 1 aromatic heterocycles. The molecule has 1 N–H and O–H groups in total. The van der Waals surface area contributed by atoms with Gasteiger partial charge in [0.05, 0.1) is 0 Å². The lowest BCUT2D eigenvalue weighted by Gasteiger charge is -2.15. The highest BCUT2D eigenvalue weighted by atomic mass is 35.5. The summed E-state index contributed by atoms with van der Waals surface area (Å²) < 4.78 is 13.0. The van der Waals surface area contributed by atoms with Gasteiger partial charge in [0.2, 0.25) is 0 Å². The predicted molar refractivity (Wildman–Crippen MR) is 75.8 cm³/mol. The van der Waals surface area contributed by atoms with Crippen LogP contribution in [0.2, 0.25) is 5.02 Å². The van der Waals surface area contributed by atoms with E-state index in [9.17, 15) is 4.39 Å². The van der Waals surface area contributed by atoms with Gasteiger partial charge in [0.15, 0.2) is 0 Å². The largest absolute Gasteiger partial charge is 0.310 e. The minimum Gasteiger partial charge on any atom is -0.310 e. The minimum atomic E-state index is -0.311. The fourth-order valence-corrected chi connectivity index (χ4v) is 2.26. The summed E-state index contributed by atoms with van der Waals surface area (Å²) in [5, 5.41) is 3.82. The number of hydrogen-bond acceptors (Lipinski definition) is 2. The molecule has 0 aliphatic rings. The maximum Gasteiger partial charge on any atom is 0.124 e. The Morgan fingerprint density at radius 1 is 1.32 bits per heavy atom. The lowest BCUT2D eigenvalue weighted by molar-refractivity contribution is 0.571. The molecule has 0 saturated carbocycles. The highest BCUT2D eigenvalue weighted by molar-refractivity contribution is 6.31. The van der Waals surface area contributed by atoms with Crippen molar-refractivity contribution in [2.75, 3.05) is 6.54 Å². The van der Waals surface area contributed by atoms with Crippen LogP contribution in [0.4, 0.5) is 4.39 Å². The summed E-state index contributed by atoms with van der Waals surface area (Å²) in [4.78, 5) is 4.26. The van der Waals surface area contributed by atoms with Crippen LogP contribution in [0.25, 0.3) is 0 Å². The number of rotatable bonds is 5. The SMILES string of the molecule is CC(NCCc1ccccn1)c1ccc(F)cc1Cl. The van der Waals surface area contributed by atoms with Gasteiger partial charge in [-0.15, -0.1) is 0 Å². The van der Waals surface area contributed by atoms with Crippen LogP contribution in [-0.2, 0) is 6.42 Å². The van der Waals surface area contributed by atoms with E-state index in [1.165, 1.54) is 12.1 Å². The van der Waals surface area contributed by atoms with Crippen molar-refractivity contribution in [1.29, 1.82) is 0 Å². The smallest absolute Gasteiger partial charge is 0.124 e. The molecule has 1 unspecified atom stereocenters. The van der Waals surface area contributed by atoms with Gasteiger partial charge >= 0.3 is 0 Å². The lowest BCUT2D eigenvalue weighted by Crippen LogP contribution is -2.22. The first kappa shape index (κ1) is 14.0. The zero-order valence-corrected chi connectivity index (χ0v) is 11.5. The van der Waals surface area contributed by atoms with Gasteiger partial charge < -0.3 is 5.32 Å². The van der Waals surface area contributed by atoms with Crippen molar-refractivity contribution in [2.24, 2.45) is 0 Å². The van der Waals surface area contributed by atoms with Gasteiger partial charge in [0, 0.05) is 35.9 Å². The normalized spacial score (nSPS) is 12.4. The Kier molecular flexibility index (Phi) is 4.88.